The molecule has 136 valence electrons. The normalized spacial score (nSPS) is 14.7. The third-order valence-electron chi connectivity index (χ3n) is 4.81. The van der Waals surface area contributed by atoms with Crippen molar-refractivity contribution in [2.24, 2.45) is 0 Å². The van der Waals surface area contributed by atoms with Crippen LogP contribution < -0.4 is 10.2 Å². The van der Waals surface area contributed by atoms with Crippen molar-refractivity contribution in [3.8, 4) is 0 Å². The van der Waals surface area contributed by atoms with Gasteiger partial charge in [-0.15, -0.1) is 0 Å². The first kappa shape index (κ1) is 16.1. The summed E-state index contributed by atoms with van der Waals surface area (Å²) in [5.74, 6) is 1.44. The van der Waals surface area contributed by atoms with Crippen LogP contribution in [0.1, 0.15) is 5.56 Å². The predicted octanol–water partition coefficient (Wildman–Crippen LogP) is 3.82. The van der Waals surface area contributed by atoms with Crippen molar-refractivity contribution in [3.05, 3.63) is 60.2 Å². The lowest BCUT2D eigenvalue weighted by Gasteiger charge is -2.27. The van der Waals surface area contributed by atoms with E-state index in [0.29, 0.717) is 25.7 Å². The monoisotopic (exact) mass is 360 g/mol. The van der Waals surface area contributed by atoms with Crippen molar-refractivity contribution in [2.75, 3.05) is 36.5 Å². The average Bonchev–Trinajstić information content (AvgIpc) is 3.12. The smallest absolute Gasteiger partial charge is 0.225 e. The number of hydrogen-bond donors (Lipinski definition) is 1. The number of aromatic nitrogens is 2. The van der Waals surface area contributed by atoms with Gasteiger partial charge >= 0.3 is 0 Å². The van der Waals surface area contributed by atoms with Gasteiger partial charge in [-0.3, -0.25) is 0 Å². The lowest BCUT2D eigenvalue weighted by molar-refractivity contribution is 0.122. The summed E-state index contributed by atoms with van der Waals surface area (Å²) in [5.41, 5.74) is 3.60. The highest BCUT2D eigenvalue weighted by atomic mass is 16.5. The number of para-hydroxylation sites is 1. The fourth-order valence-corrected chi connectivity index (χ4v) is 3.42. The second kappa shape index (κ2) is 6.89. The highest BCUT2D eigenvalue weighted by Crippen LogP contribution is 2.34. The molecular weight excluding hydrogens is 340 g/mol. The van der Waals surface area contributed by atoms with E-state index < -0.39 is 0 Å². The van der Waals surface area contributed by atoms with Crippen LogP contribution in [0.3, 0.4) is 0 Å². The molecule has 6 nitrogen and oxygen atoms in total. The fourth-order valence-electron chi connectivity index (χ4n) is 3.42. The van der Waals surface area contributed by atoms with Crippen molar-refractivity contribution in [1.29, 1.82) is 0 Å². The summed E-state index contributed by atoms with van der Waals surface area (Å²) in [6.45, 7) is 3.64. The zero-order valence-electron chi connectivity index (χ0n) is 14.9. The predicted molar refractivity (Wildman–Crippen MR) is 106 cm³/mol. The lowest BCUT2D eigenvalue weighted by Crippen LogP contribution is -2.37. The first-order chi connectivity index (χ1) is 13.4. The van der Waals surface area contributed by atoms with E-state index >= 15 is 0 Å². The molecule has 27 heavy (non-hydrogen) atoms. The highest BCUT2D eigenvalue weighted by molar-refractivity contribution is 6.06. The summed E-state index contributed by atoms with van der Waals surface area (Å²) in [6, 6.07) is 18.2. The third kappa shape index (κ3) is 3.08. The zero-order chi connectivity index (χ0) is 18.1. The molecule has 2 aromatic heterocycles. The van der Waals surface area contributed by atoms with Crippen LogP contribution in [-0.2, 0) is 11.3 Å². The Kier molecular flexibility index (Phi) is 4.10. The number of morpholine rings is 1. The molecule has 0 unspecified atom stereocenters. The number of nitrogens with one attached hydrogen (secondary N) is 1. The number of anilines is 2. The number of ether oxygens (including phenoxy) is 1. The number of hydrogen-bond acceptors (Lipinski definition) is 6. The van der Waals surface area contributed by atoms with Crippen molar-refractivity contribution >= 4 is 33.8 Å². The molecule has 0 radical (unpaired) electrons. The molecule has 1 aliphatic heterocycles. The Bertz CT molecular complexity index is 1070. The maximum Gasteiger partial charge on any atom is 0.225 e. The molecule has 1 N–H and O–H groups in total. The largest absolute Gasteiger partial charge is 0.450 e. The molecule has 0 amide bonds. The van der Waals surface area contributed by atoms with Gasteiger partial charge in [0.25, 0.3) is 0 Å². The van der Waals surface area contributed by atoms with Gasteiger partial charge in [-0.05, 0) is 17.7 Å². The van der Waals surface area contributed by atoms with Gasteiger partial charge in [0.2, 0.25) is 5.95 Å². The molecule has 1 fully saturated rings. The van der Waals surface area contributed by atoms with Crippen molar-refractivity contribution < 1.29 is 9.15 Å². The molecule has 6 heteroatoms. The van der Waals surface area contributed by atoms with Gasteiger partial charge < -0.3 is 19.4 Å². The van der Waals surface area contributed by atoms with Crippen LogP contribution in [0, 0.1) is 0 Å². The van der Waals surface area contributed by atoms with Gasteiger partial charge in [0.05, 0.1) is 13.2 Å². The van der Waals surface area contributed by atoms with Gasteiger partial charge in [-0.25, -0.2) is 4.98 Å². The van der Waals surface area contributed by atoms with E-state index in [2.05, 4.69) is 22.3 Å². The Morgan fingerprint density at radius 3 is 2.56 bits per heavy atom. The summed E-state index contributed by atoms with van der Waals surface area (Å²) in [7, 11) is 0. The SMILES string of the molecule is c1ccc(CNc2nc(N3CCOCC3)c3oc4ccccc4c3n2)cc1. The van der Waals surface area contributed by atoms with Crippen LogP contribution >= 0.6 is 0 Å². The molecule has 2 aromatic carbocycles. The number of benzene rings is 2. The van der Waals surface area contributed by atoms with E-state index in [1.54, 1.807) is 0 Å². The van der Waals surface area contributed by atoms with E-state index in [9.17, 15) is 0 Å². The van der Waals surface area contributed by atoms with Crippen LogP contribution in [0.25, 0.3) is 22.1 Å². The molecule has 3 heterocycles. The second-order valence-electron chi connectivity index (χ2n) is 6.59. The molecule has 0 saturated carbocycles. The molecule has 5 rings (SSSR count). The molecule has 0 bridgehead atoms. The molecular formula is C21H20N4O2. The molecule has 0 aliphatic carbocycles. The van der Waals surface area contributed by atoms with E-state index in [4.69, 9.17) is 19.1 Å². The fraction of sp³-hybridized carbons (Fsp3) is 0.238. The van der Waals surface area contributed by atoms with Gasteiger partial charge in [-0.2, -0.15) is 4.98 Å². The number of rotatable bonds is 4. The Balaban J connectivity index is 1.59. The van der Waals surface area contributed by atoms with E-state index in [-0.39, 0.29) is 0 Å². The quantitative estimate of drug-likeness (QED) is 0.597. The molecule has 0 spiro atoms. The van der Waals surface area contributed by atoms with Gasteiger partial charge in [0, 0.05) is 25.0 Å². The summed E-state index contributed by atoms with van der Waals surface area (Å²) in [5, 5.41) is 4.37. The average molecular weight is 360 g/mol. The topological polar surface area (TPSA) is 63.4 Å². The number of furan rings is 1. The summed E-state index contributed by atoms with van der Waals surface area (Å²) in [4.78, 5) is 11.8. The van der Waals surface area contributed by atoms with Crippen LogP contribution in [-0.4, -0.2) is 36.3 Å². The molecule has 1 aliphatic rings. The maximum absolute atomic E-state index is 6.12. The summed E-state index contributed by atoms with van der Waals surface area (Å²) in [6.07, 6.45) is 0. The number of nitrogens with zero attached hydrogens (tertiary/aromatic N) is 3. The first-order valence-electron chi connectivity index (χ1n) is 9.18. The zero-order valence-corrected chi connectivity index (χ0v) is 14.9. The lowest BCUT2D eigenvalue weighted by atomic mass is 10.2. The van der Waals surface area contributed by atoms with Crippen LogP contribution in [0.5, 0.6) is 0 Å². The standard InChI is InChI=1S/C21H20N4O2/c1-2-6-15(7-3-1)14-22-21-23-18-16-8-4-5-9-17(16)27-19(18)20(24-21)25-10-12-26-13-11-25/h1-9H,10-14H2,(H,22,23,24). The van der Waals surface area contributed by atoms with Crippen LogP contribution in [0.15, 0.2) is 59.0 Å². The van der Waals surface area contributed by atoms with Crippen molar-refractivity contribution in [1.82, 2.24) is 9.97 Å². The summed E-state index contributed by atoms with van der Waals surface area (Å²) < 4.78 is 11.6. The minimum atomic E-state index is 0.611. The van der Waals surface area contributed by atoms with Crippen molar-refractivity contribution in [3.63, 3.8) is 0 Å². The van der Waals surface area contributed by atoms with Gasteiger partial charge in [-0.1, -0.05) is 42.5 Å². The second-order valence-corrected chi connectivity index (χ2v) is 6.59. The maximum atomic E-state index is 6.12. The third-order valence-corrected chi connectivity index (χ3v) is 4.81. The Hall–Kier alpha value is -3.12. The number of fused-ring (bicyclic) bond motifs is 3. The van der Waals surface area contributed by atoms with Gasteiger partial charge in [0.15, 0.2) is 11.4 Å². The Labute approximate surface area is 156 Å². The van der Waals surface area contributed by atoms with Crippen molar-refractivity contribution in [2.45, 2.75) is 6.54 Å². The van der Waals surface area contributed by atoms with Gasteiger partial charge in [0.1, 0.15) is 11.1 Å². The molecule has 0 atom stereocenters. The van der Waals surface area contributed by atoms with E-state index in [1.807, 2.05) is 42.5 Å². The van der Waals surface area contributed by atoms with E-state index in [1.165, 1.54) is 5.56 Å². The Morgan fingerprint density at radius 2 is 1.70 bits per heavy atom. The van der Waals surface area contributed by atoms with E-state index in [0.717, 1.165) is 41.0 Å². The Morgan fingerprint density at radius 1 is 0.926 bits per heavy atom. The minimum absolute atomic E-state index is 0.611. The molecule has 1 saturated heterocycles. The summed E-state index contributed by atoms with van der Waals surface area (Å²) >= 11 is 0. The minimum Gasteiger partial charge on any atom is -0.450 e. The highest BCUT2D eigenvalue weighted by Gasteiger charge is 2.21. The molecule has 4 aromatic rings. The first-order valence-corrected chi connectivity index (χ1v) is 9.18. The van der Waals surface area contributed by atoms with Crippen LogP contribution in [0.2, 0.25) is 0 Å². The van der Waals surface area contributed by atoms with Crippen LogP contribution in [0.4, 0.5) is 11.8 Å².